The Morgan fingerprint density at radius 1 is 1.18 bits per heavy atom. The molecular formula is C15H19BrN2O3S. The number of benzene rings is 1. The number of hydrogen-bond donors (Lipinski definition) is 1. The molecule has 120 valence electrons. The maximum absolute atomic E-state index is 13.0. The first-order valence-electron chi connectivity index (χ1n) is 7.49. The van der Waals surface area contributed by atoms with Gasteiger partial charge in [-0.2, -0.15) is 4.31 Å². The van der Waals surface area contributed by atoms with Crippen molar-refractivity contribution < 1.29 is 13.2 Å². The molecule has 0 spiro atoms. The number of nitrogens with zero attached hydrogens (tertiary/aromatic N) is 1. The quantitative estimate of drug-likeness (QED) is 0.864. The van der Waals surface area contributed by atoms with Crippen molar-refractivity contribution in [1.29, 1.82) is 0 Å². The van der Waals surface area contributed by atoms with E-state index in [-0.39, 0.29) is 16.9 Å². The Bertz CT molecular complexity index is 675. The molecule has 3 atom stereocenters. The van der Waals surface area contributed by atoms with Crippen molar-refractivity contribution in [2.75, 3.05) is 0 Å². The Morgan fingerprint density at radius 3 is 2.45 bits per heavy atom. The fourth-order valence-corrected chi connectivity index (χ4v) is 5.88. The van der Waals surface area contributed by atoms with E-state index in [1.54, 1.807) is 24.3 Å². The molecule has 2 N–H and O–H groups in total. The van der Waals surface area contributed by atoms with Gasteiger partial charge in [-0.3, -0.25) is 4.79 Å². The molecule has 2 aliphatic rings. The number of carbonyl (C=O) groups is 1. The van der Waals surface area contributed by atoms with Crippen molar-refractivity contribution in [2.24, 2.45) is 11.7 Å². The molecule has 1 amide bonds. The van der Waals surface area contributed by atoms with Gasteiger partial charge in [-0.25, -0.2) is 8.42 Å². The van der Waals surface area contributed by atoms with Gasteiger partial charge >= 0.3 is 0 Å². The second-order valence-electron chi connectivity index (χ2n) is 6.05. The first-order valence-corrected chi connectivity index (χ1v) is 9.73. The van der Waals surface area contributed by atoms with Crippen LogP contribution in [0.25, 0.3) is 0 Å². The van der Waals surface area contributed by atoms with Gasteiger partial charge in [0.1, 0.15) is 6.04 Å². The van der Waals surface area contributed by atoms with Crippen LogP contribution in [-0.4, -0.2) is 30.7 Å². The summed E-state index contributed by atoms with van der Waals surface area (Å²) < 4.78 is 28.2. The highest BCUT2D eigenvalue weighted by Crippen LogP contribution is 2.42. The lowest BCUT2D eigenvalue weighted by molar-refractivity contribution is -0.121. The molecule has 22 heavy (non-hydrogen) atoms. The lowest BCUT2D eigenvalue weighted by atomic mass is 9.85. The van der Waals surface area contributed by atoms with Gasteiger partial charge in [0.2, 0.25) is 15.9 Å². The van der Waals surface area contributed by atoms with Gasteiger partial charge in [-0.1, -0.05) is 28.8 Å². The van der Waals surface area contributed by atoms with Crippen LogP contribution in [0.1, 0.15) is 32.1 Å². The summed E-state index contributed by atoms with van der Waals surface area (Å²) in [5.74, 6) is -0.299. The summed E-state index contributed by atoms with van der Waals surface area (Å²) in [6.45, 7) is 0. The largest absolute Gasteiger partial charge is 0.368 e. The van der Waals surface area contributed by atoms with Crippen LogP contribution in [0, 0.1) is 5.92 Å². The molecule has 0 aromatic heterocycles. The lowest BCUT2D eigenvalue weighted by Gasteiger charge is -2.32. The van der Waals surface area contributed by atoms with Gasteiger partial charge in [-0.05, 0) is 49.4 Å². The average Bonchev–Trinajstić information content (AvgIpc) is 2.88. The minimum Gasteiger partial charge on any atom is -0.368 e. The first kappa shape index (κ1) is 16.0. The van der Waals surface area contributed by atoms with Crippen molar-refractivity contribution in [3.05, 3.63) is 28.7 Å². The number of carbonyl (C=O) groups excluding carboxylic acids is 1. The first-order chi connectivity index (χ1) is 10.4. The fraction of sp³-hybridized carbons (Fsp3) is 0.533. The Balaban J connectivity index is 2.01. The second kappa shape index (κ2) is 5.94. The molecule has 3 rings (SSSR count). The van der Waals surface area contributed by atoms with Crippen LogP contribution in [0.5, 0.6) is 0 Å². The van der Waals surface area contributed by atoms with Crippen LogP contribution >= 0.6 is 15.9 Å². The molecule has 0 radical (unpaired) electrons. The zero-order valence-electron chi connectivity index (χ0n) is 12.1. The van der Waals surface area contributed by atoms with E-state index in [0.717, 1.165) is 30.2 Å². The smallest absolute Gasteiger partial charge is 0.244 e. The third-order valence-electron chi connectivity index (χ3n) is 4.75. The minimum absolute atomic E-state index is 0.0973. The summed E-state index contributed by atoms with van der Waals surface area (Å²) in [4.78, 5) is 12.0. The van der Waals surface area contributed by atoms with Gasteiger partial charge < -0.3 is 5.73 Å². The number of nitrogens with two attached hydrogens (primary N) is 1. The number of hydrogen-bond acceptors (Lipinski definition) is 3. The zero-order valence-corrected chi connectivity index (χ0v) is 14.5. The second-order valence-corrected chi connectivity index (χ2v) is 8.81. The average molecular weight is 387 g/mol. The molecule has 2 fully saturated rings. The number of sulfonamides is 1. The van der Waals surface area contributed by atoms with Crippen molar-refractivity contribution >= 4 is 31.9 Å². The summed E-state index contributed by atoms with van der Waals surface area (Å²) >= 11 is 3.30. The van der Waals surface area contributed by atoms with Gasteiger partial charge in [0.15, 0.2) is 0 Å². The monoisotopic (exact) mass is 386 g/mol. The molecule has 1 saturated heterocycles. The number of fused-ring (bicyclic) bond motifs is 1. The third kappa shape index (κ3) is 2.70. The van der Waals surface area contributed by atoms with E-state index in [9.17, 15) is 13.2 Å². The fourth-order valence-electron chi connectivity index (χ4n) is 3.74. The summed E-state index contributed by atoms with van der Waals surface area (Å²) in [7, 11) is -3.71. The van der Waals surface area contributed by atoms with E-state index >= 15 is 0 Å². The highest BCUT2D eigenvalue weighted by Gasteiger charge is 2.50. The van der Waals surface area contributed by atoms with Crippen molar-refractivity contribution in [3.8, 4) is 0 Å². The zero-order chi connectivity index (χ0) is 15.9. The molecule has 1 aliphatic heterocycles. The molecule has 1 aromatic carbocycles. The van der Waals surface area contributed by atoms with Crippen molar-refractivity contribution in [3.63, 3.8) is 0 Å². The van der Waals surface area contributed by atoms with Gasteiger partial charge in [0.25, 0.3) is 0 Å². The summed E-state index contributed by atoms with van der Waals surface area (Å²) in [5, 5.41) is 0. The molecular weight excluding hydrogens is 368 g/mol. The number of halogens is 1. The van der Waals surface area contributed by atoms with E-state index < -0.39 is 22.0 Å². The Morgan fingerprint density at radius 2 is 1.82 bits per heavy atom. The molecule has 5 nitrogen and oxygen atoms in total. The molecule has 0 unspecified atom stereocenters. The predicted molar refractivity (Wildman–Crippen MR) is 86.5 cm³/mol. The normalized spacial score (nSPS) is 29.2. The third-order valence-corrected chi connectivity index (χ3v) is 7.22. The Hall–Kier alpha value is -0.920. The van der Waals surface area contributed by atoms with Crippen LogP contribution in [0.2, 0.25) is 0 Å². The van der Waals surface area contributed by atoms with Gasteiger partial charge in [0.05, 0.1) is 4.90 Å². The predicted octanol–water partition coefficient (Wildman–Crippen LogP) is 2.26. The highest BCUT2D eigenvalue weighted by atomic mass is 79.9. The molecule has 7 heteroatoms. The van der Waals surface area contributed by atoms with Gasteiger partial charge in [0, 0.05) is 10.5 Å². The van der Waals surface area contributed by atoms with Crippen LogP contribution in [0.15, 0.2) is 33.6 Å². The molecule has 1 saturated carbocycles. The van der Waals surface area contributed by atoms with E-state index in [1.165, 1.54) is 4.31 Å². The topological polar surface area (TPSA) is 80.5 Å². The van der Waals surface area contributed by atoms with Crippen molar-refractivity contribution in [2.45, 2.75) is 49.1 Å². The van der Waals surface area contributed by atoms with Crippen LogP contribution in [0.4, 0.5) is 0 Å². The lowest BCUT2D eigenvalue weighted by Crippen LogP contribution is -2.48. The standard InChI is InChI=1S/C15H19BrN2O3S/c16-11-5-7-12(8-6-11)22(20,21)18-13-4-2-1-3-10(13)9-14(18)15(17)19/h5-8,10,13-14H,1-4,9H2,(H2,17,19)/t10-,13+,14+/m1/s1. The molecule has 0 bridgehead atoms. The van der Waals surface area contributed by atoms with E-state index in [1.807, 2.05) is 0 Å². The van der Waals surface area contributed by atoms with Crippen molar-refractivity contribution in [1.82, 2.24) is 4.31 Å². The molecule has 1 aromatic rings. The van der Waals surface area contributed by atoms with E-state index in [4.69, 9.17) is 5.73 Å². The van der Waals surface area contributed by atoms with Gasteiger partial charge in [-0.15, -0.1) is 0 Å². The number of rotatable bonds is 3. The number of primary amides is 1. The summed E-state index contributed by atoms with van der Waals surface area (Å²) in [6.07, 6.45) is 4.43. The van der Waals surface area contributed by atoms with Crippen LogP contribution < -0.4 is 5.73 Å². The maximum Gasteiger partial charge on any atom is 0.244 e. The Labute approximate surface area is 139 Å². The van der Waals surface area contributed by atoms with E-state index in [0.29, 0.717) is 6.42 Å². The van der Waals surface area contributed by atoms with Crippen LogP contribution in [-0.2, 0) is 14.8 Å². The SMILES string of the molecule is NC(=O)[C@@H]1C[C@H]2CCCC[C@@H]2N1S(=O)(=O)c1ccc(Br)cc1. The maximum atomic E-state index is 13.0. The molecule has 1 aliphatic carbocycles. The minimum atomic E-state index is -3.71. The molecule has 1 heterocycles. The van der Waals surface area contributed by atoms with Crippen LogP contribution in [0.3, 0.4) is 0 Å². The Kier molecular flexibility index (Phi) is 4.31. The summed E-state index contributed by atoms with van der Waals surface area (Å²) in [6, 6.07) is 5.70. The summed E-state index contributed by atoms with van der Waals surface area (Å²) in [5.41, 5.74) is 5.49. The number of amides is 1. The van der Waals surface area contributed by atoms with E-state index in [2.05, 4.69) is 15.9 Å². The highest BCUT2D eigenvalue weighted by molar-refractivity contribution is 9.10.